The Morgan fingerprint density at radius 2 is 1.95 bits per heavy atom. The molecule has 3 rings (SSSR count). The van der Waals surface area contributed by atoms with E-state index < -0.39 is 5.91 Å². The molecule has 3 N–H and O–H groups in total. The van der Waals surface area contributed by atoms with E-state index in [1.807, 2.05) is 0 Å². The molecule has 1 aliphatic carbocycles. The van der Waals surface area contributed by atoms with Crippen LogP contribution < -0.4 is 10.9 Å². The van der Waals surface area contributed by atoms with Crippen molar-refractivity contribution in [2.45, 2.75) is 25.2 Å². The Hall–Kier alpha value is -2.34. The van der Waals surface area contributed by atoms with Gasteiger partial charge in [0, 0.05) is 16.6 Å². The van der Waals surface area contributed by atoms with Gasteiger partial charge in [0.1, 0.15) is 0 Å². The molecule has 1 saturated carbocycles. The molecule has 1 aromatic heterocycles. The summed E-state index contributed by atoms with van der Waals surface area (Å²) >= 11 is 5.78. The normalized spacial score (nSPS) is 13.7. The molecule has 2 aromatic rings. The van der Waals surface area contributed by atoms with Crippen LogP contribution in [0.4, 0.5) is 0 Å². The third-order valence-electron chi connectivity index (χ3n) is 3.44. The van der Waals surface area contributed by atoms with Crippen LogP contribution in [0.25, 0.3) is 0 Å². The third-order valence-corrected chi connectivity index (χ3v) is 3.69. The highest BCUT2D eigenvalue weighted by Gasteiger charge is 2.26. The molecule has 1 aromatic carbocycles. The lowest BCUT2D eigenvalue weighted by atomic mass is 10.1. The Kier molecular flexibility index (Phi) is 4.11. The number of rotatable bonds is 4. The number of aromatic amines is 1. The average Bonchev–Trinajstić information content (AvgIpc) is 3.24. The maximum absolute atomic E-state index is 11.9. The van der Waals surface area contributed by atoms with Crippen molar-refractivity contribution in [1.29, 1.82) is 0 Å². The lowest BCUT2D eigenvalue weighted by Crippen LogP contribution is -2.42. The van der Waals surface area contributed by atoms with Crippen LogP contribution in [-0.2, 0) is 11.2 Å². The van der Waals surface area contributed by atoms with E-state index in [9.17, 15) is 9.59 Å². The number of carbonyl (C=O) groups excluding carboxylic acids is 2. The zero-order chi connectivity index (χ0) is 15.5. The minimum absolute atomic E-state index is 0.158. The van der Waals surface area contributed by atoms with E-state index in [1.54, 1.807) is 30.3 Å². The number of nitrogens with one attached hydrogen (secondary N) is 3. The van der Waals surface area contributed by atoms with E-state index in [0.717, 1.165) is 24.1 Å². The van der Waals surface area contributed by atoms with Crippen LogP contribution in [0.2, 0.25) is 5.02 Å². The highest BCUT2D eigenvalue weighted by molar-refractivity contribution is 6.30. The van der Waals surface area contributed by atoms with Gasteiger partial charge in [-0.1, -0.05) is 23.7 Å². The lowest BCUT2D eigenvalue weighted by molar-refractivity contribution is -0.121. The van der Waals surface area contributed by atoms with Gasteiger partial charge >= 0.3 is 0 Å². The largest absolute Gasteiger partial charge is 0.290 e. The minimum atomic E-state index is -0.437. The summed E-state index contributed by atoms with van der Waals surface area (Å²) in [5, 5.41) is 7.40. The fourth-order valence-corrected chi connectivity index (χ4v) is 2.20. The molecule has 0 saturated heterocycles. The predicted octanol–water partition coefficient (Wildman–Crippen LogP) is 1.94. The van der Waals surface area contributed by atoms with Crippen LogP contribution in [-0.4, -0.2) is 22.0 Å². The molecule has 6 nitrogen and oxygen atoms in total. The van der Waals surface area contributed by atoms with Gasteiger partial charge in [0.25, 0.3) is 5.91 Å². The number of H-pyrrole nitrogens is 1. The second kappa shape index (κ2) is 6.19. The molecule has 22 heavy (non-hydrogen) atoms. The van der Waals surface area contributed by atoms with Gasteiger partial charge in [-0.25, -0.2) is 0 Å². The van der Waals surface area contributed by atoms with Crippen molar-refractivity contribution in [1.82, 2.24) is 21.0 Å². The maximum atomic E-state index is 11.9. The molecule has 2 amide bonds. The van der Waals surface area contributed by atoms with E-state index in [-0.39, 0.29) is 18.0 Å². The smallest absolute Gasteiger partial charge is 0.281 e. The Bertz CT molecular complexity index is 692. The van der Waals surface area contributed by atoms with Crippen LogP contribution in [0.5, 0.6) is 0 Å². The Morgan fingerprint density at radius 1 is 1.23 bits per heavy atom. The molecule has 0 atom stereocenters. The predicted molar refractivity (Wildman–Crippen MR) is 81.3 cm³/mol. The molecule has 0 bridgehead atoms. The Morgan fingerprint density at radius 3 is 2.64 bits per heavy atom. The zero-order valence-corrected chi connectivity index (χ0v) is 12.5. The summed E-state index contributed by atoms with van der Waals surface area (Å²) in [7, 11) is 0. The molecular weight excluding hydrogens is 304 g/mol. The van der Waals surface area contributed by atoms with Crippen molar-refractivity contribution >= 4 is 23.4 Å². The van der Waals surface area contributed by atoms with E-state index in [2.05, 4.69) is 21.0 Å². The first-order valence-electron chi connectivity index (χ1n) is 7.01. The summed E-state index contributed by atoms with van der Waals surface area (Å²) in [5.74, 6) is -0.255. The number of hydrogen-bond donors (Lipinski definition) is 3. The molecule has 114 valence electrons. The third kappa shape index (κ3) is 3.65. The van der Waals surface area contributed by atoms with Crippen molar-refractivity contribution in [3.8, 4) is 0 Å². The first-order valence-corrected chi connectivity index (χ1v) is 7.38. The van der Waals surface area contributed by atoms with Crippen molar-refractivity contribution in [2.75, 3.05) is 0 Å². The number of hydrazine groups is 1. The van der Waals surface area contributed by atoms with Gasteiger partial charge in [0.05, 0.1) is 6.42 Å². The van der Waals surface area contributed by atoms with Crippen molar-refractivity contribution in [3.05, 3.63) is 52.3 Å². The monoisotopic (exact) mass is 318 g/mol. The summed E-state index contributed by atoms with van der Waals surface area (Å²) in [6.45, 7) is 0. The second-order valence-corrected chi connectivity index (χ2v) is 5.72. The number of amides is 2. The van der Waals surface area contributed by atoms with Crippen LogP contribution in [0, 0.1) is 0 Å². The fraction of sp³-hybridized carbons (Fsp3) is 0.267. The van der Waals surface area contributed by atoms with Gasteiger partial charge in [-0.2, -0.15) is 5.10 Å². The van der Waals surface area contributed by atoms with Gasteiger partial charge in [-0.15, -0.1) is 0 Å². The SMILES string of the molecule is O=C(Cc1ccc(Cl)cc1)NNC(=O)c1cc(C2CC2)[nH]n1. The van der Waals surface area contributed by atoms with E-state index >= 15 is 0 Å². The summed E-state index contributed by atoms with van der Waals surface area (Å²) in [4.78, 5) is 23.6. The van der Waals surface area contributed by atoms with Gasteiger partial charge in [-0.3, -0.25) is 25.5 Å². The molecule has 1 aliphatic rings. The van der Waals surface area contributed by atoms with E-state index in [4.69, 9.17) is 11.6 Å². The summed E-state index contributed by atoms with van der Waals surface area (Å²) in [5.41, 5.74) is 6.78. The van der Waals surface area contributed by atoms with Gasteiger partial charge < -0.3 is 0 Å². The van der Waals surface area contributed by atoms with Crippen molar-refractivity contribution in [3.63, 3.8) is 0 Å². The summed E-state index contributed by atoms with van der Waals surface area (Å²) in [6, 6.07) is 8.68. The first-order chi connectivity index (χ1) is 10.6. The highest BCUT2D eigenvalue weighted by atomic mass is 35.5. The Labute approximate surface area is 132 Å². The van der Waals surface area contributed by atoms with Crippen molar-refractivity contribution in [2.24, 2.45) is 0 Å². The number of benzene rings is 1. The molecule has 0 unspecified atom stereocenters. The molecule has 0 radical (unpaired) electrons. The first kappa shape index (κ1) is 14.6. The highest BCUT2D eigenvalue weighted by Crippen LogP contribution is 2.38. The van der Waals surface area contributed by atoms with E-state index in [0.29, 0.717) is 10.9 Å². The number of hydrogen-bond acceptors (Lipinski definition) is 3. The molecular formula is C15H15ClN4O2. The summed E-state index contributed by atoms with van der Waals surface area (Å²) < 4.78 is 0. The molecule has 0 aliphatic heterocycles. The van der Waals surface area contributed by atoms with Crippen LogP contribution in [0.3, 0.4) is 0 Å². The number of carbonyl (C=O) groups is 2. The topological polar surface area (TPSA) is 86.9 Å². The van der Waals surface area contributed by atoms with Gasteiger partial charge in [-0.05, 0) is 36.6 Å². The fourth-order valence-electron chi connectivity index (χ4n) is 2.08. The van der Waals surface area contributed by atoms with Gasteiger partial charge in [0.2, 0.25) is 5.91 Å². The standard InChI is InChI=1S/C15H15ClN4O2/c16-11-5-1-9(2-6-11)7-14(21)19-20-15(22)13-8-12(17-18-13)10-3-4-10/h1-2,5-6,8,10H,3-4,7H2,(H,17,18)(H,19,21)(H,20,22). The average molecular weight is 319 g/mol. The van der Waals surface area contributed by atoms with Crippen LogP contribution in [0.15, 0.2) is 30.3 Å². The molecule has 1 heterocycles. The Balaban J connectivity index is 1.49. The number of halogens is 1. The van der Waals surface area contributed by atoms with Gasteiger partial charge in [0.15, 0.2) is 5.69 Å². The number of nitrogens with zero attached hydrogens (tertiary/aromatic N) is 1. The number of aromatic nitrogens is 2. The molecule has 1 fully saturated rings. The van der Waals surface area contributed by atoms with E-state index in [1.165, 1.54) is 0 Å². The minimum Gasteiger partial charge on any atom is -0.281 e. The van der Waals surface area contributed by atoms with Crippen LogP contribution in [0.1, 0.15) is 40.5 Å². The second-order valence-electron chi connectivity index (χ2n) is 5.29. The zero-order valence-electron chi connectivity index (χ0n) is 11.7. The molecule has 7 heteroatoms. The lowest BCUT2D eigenvalue weighted by Gasteiger charge is -2.06. The molecule has 0 spiro atoms. The quantitative estimate of drug-likeness (QED) is 0.753. The maximum Gasteiger partial charge on any atom is 0.290 e. The summed E-state index contributed by atoms with van der Waals surface area (Å²) in [6.07, 6.45) is 2.41. The van der Waals surface area contributed by atoms with Crippen LogP contribution >= 0.6 is 11.6 Å². The van der Waals surface area contributed by atoms with Crippen molar-refractivity contribution < 1.29 is 9.59 Å².